The van der Waals surface area contributed by atoms with Crippen LogP contribution in [0.4, 0.5) is 4.39 Å². The lowest BCUT2D eigenvalue weighted by atomic mass is 9.89. The largest absolute Gasteiger partial charge is 0.385 e. The van der Waals surface area contributed by atoms with Gasteiger partial charge in [0.05, 0.1) is 0 Å². The molecule has 18 heavy (non-hydrogen) atoms. The number of halogens is 2. The summed E-state index contributed by atoms with van der Waals surface area (Å²) >= 11 is 5.80. The fourth-order valence-corrected chi connectivity index (χ4v) is 1.97. The standard InChI is InChI=1S/C14H21ClFNO/c1-14(2,4-5-18-3)10-17-9-11-6-12(15)8-13(16)7-11/h6-8,17H,4-5,9-10H2,1-3H3. The highest BCUT2D eigenvalue weighted by Crippen LogP contribution is 2.19. The highest BCUT2D eigenvalue weighted by atomic mass is 35.5. The van der Waals surface area contributed by atoms with E-state index in [0.29, 0.717) is 11.6 Å². The van der Waals surface area contributed by atoms with Crippen molar-refractivity contribution in [3.8, 4) is 0 Å². The van der Waals surface area contributed by atoms with Crippen LogP contribution in [0.15, 0.2) is 18.2 Å². The Hall–Kier alpha value is -0.640. The fraction of sp³-hybridized carbons (Fsp3) is 0.571. The second kappa shape index (κ2) is 7.07. The van der Waals surface area contributed by atoms with Crippen LogP contribution in [0.3, 0.4) is 0 Å². The van der Waals surface area contributed by atoms with Gasteiger partial charge in [0, 0.05) is 31.8 Å². The molecule has 1 aromatic rings. The summed E-state index contributed by atoms with van der Waals surface area (Å²) in [7, 11) is 1.71. The minimum absolute atomic E-state index is 0.160. The Morgan fingerprint density at radius 1 is 1.33 bits per heavy atom. The first-order valence-electron chi connectivity index (χ1n) is 6.07. The zero-order valence-corrected chi connectivity index (χ0v) is 12.0. The summed E-state index contributed by atoms with van der Waals surface area (Å²) in [4.78, 5) is 0. The summed E-state index contributed by atoms with van der Waals surface area (Å²) in [5.41, 5.74) is 1.02. The molecular weight excluding hydrogens is 253 g/mol. The van der Waals surface area contributed by atoms with E-state index in [0.717, 1.165) is 25.1 Å². The maximum absolute atomic E-state index is 13.1. The van der Waals surface area contributed by atoms with Crippen molar-refractivity contribution in [2.24, 2.45) is 5.41 Å². The van der Waals surface area contributed by atoms with Crippen molar-refractivity contribution >= 4 is 11.6 Å². The molecule has 0 aliphatic rings. The molecule has 0 unspecified atom stereocenters. The number of rotatable bonds is 7. The van der Waals surface area contributed by atoms with Gasteiger partial charge in [0.1, 0.15) is 5.82 Å². The number of benzene rings is 1. The van der Waals surface area contributed by atoms with Crippen LogP contribution in [0.1, 0.15) is 25.8 Å². The summed E-state index contributed by atoms with van der Waals surface area (Å²) < 4.78 is 18.2. The smallest absolute Gasteiger partial charge is 0.125 e. The topological polar surface area (TPSA) is 21.3 Å². The molecule has 0 atom stereocenters. The predicted molar refractivity (Wildman–Crippen MR) is 73.4 cm³/mol. The third-order valence-electron chi connectivity index (χ3n) is 2.84. The summed E-state index contributed by atoms with van der Waals surface area (Å²) in [5.74, 6) is -0.294. The molecule has 0 aliphatic carbocycles. The molecule has 0 saturated heterocycles. The molecule has 0 aromatic heterocycles. The van der Waals surface area contributed by atoms with E-state index in [-0.39, 0.29) is 11.2 Å². The molecule has 4 heteroatoms. The monoisotopic (exact) mass is 273 g/mol. The van der Waals surface area contributed by atoms with Gasteiger partial charge in [-0.1, -0.05) is 25.4 Å². The van der Waals surface area contributed by atoms with E-state index in [4.69, 9.17) is 16.3 Å². The van der Waals surface area contributed by atoms with E-state index in [1.54, 1.807) is 13.2 Å². The van der Waals surface area contributed by atoms with Gasteiger partial charge in [-0.25, -0.2) is 4.39 Å². The van der Waals surface area contributed by atoms with Crippen LogP contribution in [-0.2, 0) is 11.3 Å². The number of hydrogen-bond acceptors (Lipinski definition) is 2. The highest BCUT2D eigenvalue weighted by Gasteiger charge is 2.16. The van der Waals surface area contributed by atoms with Crippen LogP contribution in [0, 0.1) is 11.2 Å². The summed E-state index contributed by atoms with van der Waals surface area (Å²) in [6.07, 6.45) is 0.987. The molecule has 0 amide bonds. The zero-order chi connectivity index (χ0) is 13.6. The maximum atomic E-state index is 13.1. The summed E-state index contributed by atoms with van der Waals surface area (Å²) in [6, 6.07) is 4.59. The molecule has 1 aromatic carbocycles. The number of ether oxygens (including phenoxy) is 1. The maximum Gasteiger partial charge on any atom is 0.125 e. The Morgan fingerprint density at radius 2 is 2.06 bits per heavy atom. The number of methoxy groups -OCH3 is 1. The van der Waals surface area contributed by atoms with Gasteiger partial charge in [-0.15, -0.1) is 0 Å². The first kappa shape index (κ1) is 15.4. The average Bonchev–Trinajstić information content (AvgIpc) is 2.25. The zero-order valence-electron chi connectivity index (χ0n) is 11.2. The Labute approximate surface area is 113 Å². The van der Waals surface area contributed by atoms with Crippen molar-refractivity contribution in [1.29, 1.82) is 0 Å². The lowest BCUT2D eigenvalue weighted by Crippen LogP contribution is -2.30. The Morgan fingerprint density at radius 3 is 2.67 bits per heavy atom. The van der Waals surface area contributed by atoms with Gasteiger partial charge < -0.3 is 10.1 Å². The van der Waals surface area contributed by atoms with Gasteiger partial charge in [0.15, 0.2) is 0 Å². The van der Waals surface area contributed by atoms with E-state index in [1.807, 2.05) is 0 Å². The first-order valence-corrected chi connectivity index (χ1v) is 6.45. The molecule has 102 valence electrons. The van der Waals surface area contributed by atoms with E-state index >= 15 is 0 Å². The Bertz CT molecular complexity index is 362. The Balaban J connectivity index is 2.41. The molecule has 0 bridgehead atoms. The summed E-state index contributed by atoms with van der Waals surface area (Å²) in [5, 5.41) is 3.76. The fourth-order valence-electron chi connectivity index (χ4n) is 1.72. The third kappa shape index (κ3) is 5.80. The summed E-state index contributed by atoms with van der Waals surface area (Å²) in [6.45, 7) is 6.58. The normalized spacial score (nSPS) is 11.8. The third-order valence-corrected chi connectivity index (χ3v) is 3.06. The van der Waals surface area contributed by atoms with Gasteiger partial charge in [0.25, 0.3) is 0 Å². The van der Waals surface area contributed by atoms with Gasteiger partial charge in [-0.05, 0) is 35.6 Å². The van der Waals surface area contributed by atoms with Crippen molar-refractivity contribution in [3.63, 3.8) is 0 Å². The molecule has 0 radical (unpaired) electrons. The molecule has 1 N–H and O–H groups in total. The van der Waals surface area contributed by atoms with Gasteiger partial charge in [0.2, 0.25) is 0 Å². The van der Waals surface area contributed by atoms with E-state index in [1.165, 1.54) is 12.1 Å². The molecule has 0 spiro atoms. The lowest BCUT2D eigenvalue weighted by Gasteiger charge is -2.24. The molecule has 0 saturated carbocycles. The number of hydrogen-bond donors (Lipinski definition) is 1. The minimum atomic E-state index is -0.294. The van der Waals surface area contributed by atoms with Gasteiger partial charge in [-0.3, -0.25) is 0 Å². The molecule has 0 aliphatic heterocycles. The van der Waals surface area contributed by atoms with Crippen LogP contribution in [0.25, 0.3) is 0 Å². The molecule has 2 nitrogen and oxygen atoms in total. The average molecular weight is 274 g/mol. The van der Waals surface area contributed by atoms with Crippen LogP contribution in [0.2, 0.25) is 5.02 Å². The van der Waals surface area contributed by atoms with E-state index < -0.39 is 0 Å². The second-order valence-corrected chi connectivity index (χ2v) is 5.72. The van der Waals surface area contributed by atoms with E-state index in [2.05, 4.69) is 19.2 Å². The molecule has 0 heterocycles. The van der Waals surface area contributed by atoms with Crippen LogP contribution < -0.4 is 5.32 Å². The van der Waals surface area contributed by atoms with Crippen molar-refractivity contribution in [2.75, 3.05) is 20.3 Å². The lowest BCUT2D eigenvalue weighted by molar-refractivity contribution is 0.150. The van der Waals surface area contributed by atoms with Crippen molar-refractivity contribution < 1.29 is 9.13 Å². The van der Waals surface area contributed by atoms with E-state index in [9.17, 15) is 4.39 Å². The minimum Gasteiger partial charge on any atom is -0.385 e. The first-order chi connectivity index (χ1) is 8.43. The van der Waals surface area contributed by atoms with Crippen molar-refractivity contribution in [1.82, 2.24) is 5.32 Å². The second-order valence-electron chi connectivity index (χ2n) is 5.29. The number of nitrogens with one attached hydrogen (secondary N) is 1. The van der Waals surface area contributed by atoms with Gasteiger partial charge >= 0.3 is 0 Å². The molecule has 0 fully saturated rings. The molecule has 1 rings (SSSR count). The quantitative estimate of drug-likeness (QED) is 0.819. The van der Waals surface area contributed by atoms with Gasteiger partial charge in [-0.2, -0.15) is 0 Å². The molecular formula is C14H21ClFNO. The predicted octanol–water partition coefficient (Wildman–Crippen LogP) is 3.63. The van der Waals surface area contributed by atoms with Crippen molar-refractivity contribution in [3.05, 3.63) is 34.6 Å². The highest BCUT2D eigenvalue weighted by molar-refractivity contribution is 6.30. The van der Waals surface area contributed by atoms with Crippen LogP contribution in [0.5, 0.6) is 0 Å². The van der Waals surface area contributed by atoms with Crippen molar-refractivity contribution in [2.45, 2.75) is 26.8 Å². The SMILES string of the molecule is COCCC(C)(C)CNCc1cc(F)cc(Cl)c1. The Kier molecular flexibility index (Phi) is 6.06. The van der Waals surface area contributed by atoms with Crippen LogP contribution >= 0.6 is 11.6 Å². The van der Waals surface area contributed by atoms with Crippen LogP contribution in [-0.4, -0.2) is 20.3 Å².